The predicted octanol–water partition coefficient (Wildman–Crippen LogP) is 2.20. The van der Waals surface area contributed by atoms with E-state index in [1.807, 2.05) is 23.0 Å². The number of benzene rings is 1. The SMILES string of the molecule is Clc1ccc(CCCn2cc(Cn3cncn3)nn2)cc1. The second kappa shape index (κ2) is 6.49. The first kappa shape index (κ1) is 13.8. The fraction of sp³-hybridized carbons (Fsp3) is 0.286. The summed E-state index contributed by atoms with van der Waals surface area (Å²) in [4.78, 5) is 3.90. The van der Waals surface area contributed by atoms with Gasteiger partial charge in [0, 0.05) is 11.6 Å². The molecule has 6 nitrogen and oxygen atoms in total. The van der Waals surface area contributed by atoms with Crippen molar-refractivity contribution in [2.75, 3.05) is 0 Å². The van der Waals surface area contributed by atoms with Gasteiger partial charge >= 0.3 is 0 Å². The number of aryl methyl sites for hydroxylation is 2. The van der Waals surface area contributed by atoms with Crippen LogP contribution in [0.15, 0.2) is 43.1 Å². The van der Waals surface area contributed by atoms with Crippen LogP contribution < -0.4 is 0 Å². The molecule has 0 radical (unpaired) electrons. The minimum absolute atomic E-state index is 0.594. The summed E-state index contributed by atoms with van der Waals surface area (Å²) in [5.74, 6) is 0. The molecule has 0 bridgehead atoms. The first-order chi connectivity index (χ1) is 10.3. The van der Waals surface area contributed by atoms with Gasteiger partial charge in [0.15, 0.2) is 0 Å². The molecule has 2 heterocycles. The van der Waals surface area contributed by atoms with E-state index in [0.29, 0.717) is 6.54 Å². The monoisotopic (exact) mass is 302 g/mol. The number of hydrogen-bond acceptors (Lipinski definition) is 4. The molecular formula is C14H15ClN6. The molecule has 0 aliphatic carbocycles. The number of nitrogens with zero attached hydrogens (tertiary/aromatic N) is 6. The molecule has 0 spiro atoms. The standard InChI is InChI=1S/C14H15ClN6/c15-13-5-3-12(4-6-13)2-1-7-20-8-14(18-19-20)9-21-11-16-10-17-21/h3-6,8,10-11H,1-2,7,9H2. The second-order valence-corrected chi connectivity index (χ2v) is 5.23. The summed E-state index contributed by atoms with van der Waals surface area (Å²) in [7, 11) is 0. The minimum atomic E-state index is 0.594. The van der Waals surface area contributed by atoms with Gasteiger partial charge in [-0.15, -0.1) is 5.10 Å². The van der Waals surface area contributed by atoms with Gasteiger partial charge in [-0.05, 0) is 30.5 Å². The Hall–Kier alpha value is -2.21. The van der Waals surface area contributed by atoms with E-state index in [1.54, 1.807) is 11.0 Å². The maximum Gasteiger partial charge on any atom is 0.137 e. The third-order valence-electron chi connectivity index (χ3n) is 3.14. The molecule has 0 N–H and O–H groups in total. The van der Waals surface area contributed by atoms with Crippen LogP contribution in [0.3, 0.4) is 0 Å². The van der Waals surface area contributed by atoms with Crippen molar-refractivity contribution in [1.29, 1.82) is 0 Å². The molecule has 0 fully saturated rings. The van der Waals surface area contributed by atoms with Crippen LogP contribution in [0.25, 0.3) is 0 Å². The molecule has 0 unspecified atom stereocenters. The molecule has 2 aromatic heterocycles. The molecule has 0 saturated carbocycles. The van der Waals surface area contributed by atoms with Crippen molar-refractivity contribution in [3.63, 3.8) is 0 Å². The van der Waals surface area contributed by atoms with Crippen LogP contribution >= 0.6 is 11.6 Å². The summed E-state index contributed by atoms with van der Waals surface area (Å²) < 4.78 is 3.59. The third kappa shape index (κ3) is 3.88. The van der Waals surface area contributed by atoms with Crippen molar-refractivity contribution in [3.8, 4) is 0 Å². The first-order valence-corrected chi connectivity index (χ1v) is 7.13. The fourth-order valence-electron chi connectivity index (χ4n) is 2.10. The quantitative estimate of drug-likeness (QED) is 0.700. The maximum absolute atomic E-state index is 5.87. The molecule has 3 aromatic rings. The third-order valence-corrected chi connectivity index (χ3v) is 3.39. The smallest absolute Gasteiger partial charge is 0.137 e. The van der Waals surface area contributed by atoms with E-state index >= 15 is 0 Å². The van der Waals surface area contributed by atoms with E-state index in [0.717, 1.165) is 30.1 Å². The summed E-state index contributed by atoms with van der Waals surface area (Å²) in [6.07, 6.45) is 7.13. The maximum atomic E-state index is 5.87. The van der Waals surface area contributed by atoms with Crippen LogP contribution in [0, 0.1) is 0 Å². The number of halogens is 1. The molecule has 0 aliphatic heterocycles. The Morgan fingerprint density at radius 3 is 2.71 bits per heavy atom. The van der Waals surface area contributed by atoms with Gasteiger partial charge in [-0.1, -0.05) is 28.9 Å². The van der Waals surface area contributed by atoms with Crippen molar-refractivity contribution in [1.82, 2.24) is 29.8 Å². The normalized spacial score (nSPS) is 10.9. The first-order valence-electron chi connectivity index (χ1n) is 6.75. The highest BCUT2D eigenvalue weighted by Crippen LogP contribution is 2.11. The number of rotatable bonds is 6. The highest BCUT2D eigenvalue weighted by atomic mass is 35.5. The molecule has 1 aromatic carbocycles. The zero-order valence-electron chi connectivity index (χ0n) is 11.4. The molecule has 0 amide bonds. The van der Waals surface area contributed by atoms with Crippen molar-refractivity contribution in [2.45, 2.75) is 25.9 Å². The lowest BCUT2D eigenvalue weighted by Crippen LogP contribution is -2.01. The van der Waals surface area contributed by atoms with E-state index in [1.165, 1.54) is 11.9 Å². The summed E-state index contributed by atoms with van der Waals surface area (Å²) >= 11 is 5.87. The van der Waals surface area contributed by atoms with Crippen molar-refractivity contribution in [2.24, 2.45) is 0 Å². The largest absolute Gasteiger partial charge is 0.252 e. The molecule has 7 heteroatoms. The highest BCUT2D eigenvalue weighted by Gasteiger charge is 2.02. The van der Waals surface area contributed by atoms with Crippen LogP contribution in [0.5, 0.6) is 0 Å². The fourth-order valence-corrected chi connectivity index (χ4v) is 2.22. The summed E-state index contributed by atoms with van der Waals surface area (Å²) in [5, 5.41) is 13.1. The lowest BCUT2D eigenvalue weighted by Gasteiger charge is -2.02. The summed E-state index contributed by atoms with van der Waals surface area (Å²) in [6, 6.07) is 7.95. The van der Waals surface area contributed by atoms with Gasteiger partial charge in [-0.2, -0.15) is 5.10 Å². The van der Waals surface area contributed by atoms with E-state index in [9.17, 15) is 0 Å². The van der Waals surface area contributed by atoms with Gasteiger partial charge in [0.05, 0.1) is 12.7 Å². The van der Waals surface area contributed by atoms with Crippen molar-refractivity contribution >= 4 is 11.6 Å². The number of hydrogen-bond donors (Lipinski definition) is 0. The van der Waals surface area contributed by atoms with Crippen LogP contribution in [-0.2, 0) is 19.5 Å². The summed E-state index contributed by atoms with van der Waals surface area (Å²) in [5.41, 5.74) is 2.16. The van der Waals surface area contributed by atoms with Gasteiger partial charge < -0.3 is 0 Å². The molecule has 0 saturated heterocycles. The Morgan fingerprint density at radius 2 is 1.95 bits per heavy atom. The van der Waals surface area contributed by atoms with Gasteiger partial charge in [0.2, 0.25) is 0 Å². The number of aromatic nitrogens is 6. The highest BCUT2D eigenvalue weighted by molar-refractivity contribution is 6.30. The molecule has 0 atom stereocenters. The Labute approximate surface area is 127 Å². The topological polar surface area (TPSA) is 61.4 Å². The predicted molar refractivity (Wildman–Crippen MR) is 78.9 cm³/mol. The van der Waals surface area contributed by atoms with E-state index < -0.39 is 0 Å². The molecular weight excluding hydrogens is 288 g/mol. The van der Waals surface area contributed by atoms with Crippen molar-refractivity contribution < 1.29 is 0 Å². The Balaban J connectivity index is 1.49. The van der Waals surface area contributed by atoms with Gasteiger partial charge in [0.25, 0.3) is 0 Å². The molecule has 108 valence electrons. The average molecular weight is 303 g/mol. The zero-order valence-corrected chi connectivity index (χ0v) is 12.2. The van der Waals surface area contributed by atoms with Crippen molar-refractivity contribution in [3.05, 3.63) is 59.4 Å². The van der Waals surface area contributed by atoms with Gasteiger partial charge in [-0.3, -0.25) is 4.68 Å². The zero-order chi connectivity index (χ0) is 14.5. The van der Waals surface area contributed by atoms with E-state index in [2.05, 4.69) is 32.5 Å². The Bertz CT molecular complexity index is 674. The Kier molecular flexibility index (Phi) is 4.25. The van der Waals surface area contributed by atoms with Gasteiger partial charge in [-0.25, -0.2) is 9.67 Å². The van der Waals surface area contributed by atoms with E-state index in [-0.39, 0.29) is 0 Å². The van der Waals surface area contributed by atoms with Crippen LogP contribution in [0.1, 0.15) is 17.7 Å². The van der Waals surface area contributed by atoms with Gasteiger partial charge in [0.1, 0.15) is 18.3 Å². The molecule has 0 aliphatic rings. The van der Waals surface area contributed by atoms with Crippen LogP contribution in [0.2, 0.25) is 5.02 Å². The van der Waals surface area contributed by atoms with Crippen LogP contribution in [0.4, 0.5) is 0 Å². The second-order valence-electron chi connectivity index (χ2n) is 4.80. The minimum Gasteiger partial charge on any atom is -0.252 e. The van der Waals surface area contributed by atoms with E-state index in [4.69, 9.17) is 11.6 Å². The molecule has 21 heavy (non-hydrogen) atoms. The molecule has 3 rings (SSSR count). The average Bonchev–Trinajstić information content (AvgIpc) is 3.14. The summed E-state index contributed by atoms with van der Waals surface area (Å²) in [6.45, 7) is 1.43. The Morgan fingerprint density at radius 1 is 1.10 bits per heavy atom. The van der Waals surface area contributed by atoms with Crippen LogP contribution in [-0.4, -0.2) is 29.8 Å². The lowest BCUT2D eigenvalue weighted by atomic mass is 10.1. The lowest BCUT2D eigenvalue weighted by molar-refractivity contribution is 0.558.